The predicted molar refractivity (Wildman–Crippen MR) is 135 cm³/mol. The molecule has 2 aliphatic rings. The van der Waals surface area contributed by atoms with Gasteiger partial charge in [-0.25, -0.2) is 9.38 Å². The number of nitrogens with zero attached hydrogens (tertiary/aromatic N) is 3. The van der Waals surface area contributed by atoms with Crippen molar-refractivity contribution >= 4 is 29.2 Å². The summed E-state index contributed by atoms with van der Waals surface area (Å²) in [5.74, 6) is -0.894. The molecule has 1 aromatic carbocycles. The highest BCUT2D eigenvalue weighted by Gasteiger charge is 2.34. The number of amidine groups is 1. The van der Waals surface area contributed by atoms with Gasteiger partial charge in [0.15, 0.2) is 0 Å². The van der Waals surface area contributed by atoms with Gasteiger partial charge >= 0.3 is 6.18 Å². The zero-order valence-corrected chi connectivity index (χ0v) is 20.9. The van der Waals surface area contributed by atoms with E-state index in [0.717, 1.165) is 30.8 Å². The van der Waals surface area contributed by atoms with Crippen molar-refractivity contribution in [3.05, 3.63) is 46.5 Å². The molecule has 8 nitrogen and oxygen atoms in total. The third kappa shape index (κ3) is 7.09. The molecule has 0 saturated carbocycles. The molecule has 202 valence electrons. The van der Waals surface area contributed by atoms with Gasteiger partial charge in [-0.3, -0.25) is 9.79 Å². The number of carbonyl (C=O) groups is 1. The second kappa shape index (κ2) is 12.2. The Morgan fingerprint density at radius 1 is 1.27 bits per heavy atom. The first-order valence-corrected chi connectivity index (χ1v) is 12.0. The van der Waals surface area contributed by atoms with Crippen LogP contribution in [0.3, 0.4) is 0 Å². The molecule has 0 radical (unpaired) electrons. The van der Waals surface area contributed by atoms with E-state index >= 15 is 4.39 Å². The van der Waals surface area contributed by atoms with Gasteiger partial charge in [-0.05, 0) is 30.5 Å². The van der Waals surface area contributed by atoms with Crippen molar-refractivity contribution < 1.29 is 27.1 Å². The van der Waals surface area contributed by atoms with E-state index in [0.29, 0.717) is 38.2 Å². The monoisotopic (exact) mass is 524 g/mol. The van der Waals surface area contributed by atoms with Gasteiger partial charge in [-0.1, -0.05) is 13.0 Å². The van der Waals surface area contributed by atoms with Crippen molar-refractivity contribution in [2.75, 3.05) is 33.4 Å². The second-order valence-electron chi connectivity index (χ2n) is 8.78. The van der Waals surface area contributed by atoms with Crippen LogP contribution in [0.4, 0.5) is 23.2 Å². The minimum Gasteiger partial charge on any atom is -0.394 e. The zero-order valence-electron chi connectivity index (χ0n) is 20.9. The smallest absolute Gasteiger partial charge is 0.394 e. The van der Waals surface area contributed by atoms with Crippen LogP contribution in [-0.2, 0) is 9.53 Å². The Kier molecular flexibility index (Phi) is 9.30. The van der Waals surface area contributed by atoms with E-state index in [1.807, 2.05) is 0 Å². The Morgan fingerprint density at radius 3 is 2.57 bits per heavy atom. The number of nitrogens with one attached hydrogen (secondary N) is 1. The highest BCUT2D eigenvalue weighted by atomic mass is 19.4. The third-order valence-corrected chi connectivity index (χ3v) is 6.26. The molecule has 2 heterocycles. The average molecular weight is 525 g/mol. The summed E-state index contributed by atoms with van der Waals surface area (Å²) in [6, 6.07) is 3.59. The normalized spacial score (nSPS) is 18.9. The molecule has 3 rings (SSSR count). The topological polar surface area (TPSA) is 118 Å². The van der Waals surface area contributed by atoms with Crippen molar-refractivity contribution in [1.82, 2.24) is 10.2 Å². The summed E-state index contributed by atoms with van der Waals surface area (Å²) < 4.78 is 59.9. The summed E-state index contributed by atoms with van der Waals surface area (Å²) in [7, 11) is 1.29. The van der Waals surface area contributed by atoms with Crippen LogP contribution in [0.5, 0.6) is 0 Å². The summed E-state index contributed by atoms with van der Waals surface area (Å²) in [6.45, 7) is 3.79. The first-order chi connectivity index (χ1) is 17.5. The maximum atomic E-state index is 15.0. The van der Waals surface area contributed by atoms with Crippen LogP contribution in [0.1, 0.15) is 38.2 Å². The van der Waals surface area contributed by atoms with E-state index in [1.165, 1.54) is 19.2 Å². The number of hydrogen-bond acceptors (Lipinski definition) is 6. The van der Waals surface area contributed by atoms with Gasteiger partial charge in [0.2, 0.25) is 5.91 Å². The summed E-state index contributed by atoms with van der Waals surface area (Å²) >= 11 is 0. The lowest BCUT2D eigenvalue weighted by atomic mass is 10.0. The van der Waals surface area contributed by atoms with E-state index in [1.54, 1.807) is 11.8 Å². The van der Waals surface area contributed by atoms with E-state index in [9.17, 15) is 18.0 Å². The molecule has 0 unspecified atom stereocenters. The van der Waals surface area contributed by atoms with Crippen molar-refractivity contribution in [2.24, 2.45) is 21.5 Å². The lowest BCUT2D eigenvalue weighted by Gasteiger charge is -2.34. The van der Waals surface area contributed by atoms with Gasteiger partial charge in [0, 0.05) is 68.7 Å². The lowest BCUT2D eigenvalue weighted by Crippen LogP contribution is -2.44. The van der Waals surface area contributed by atoms with Gasteiger partial charge in [-0.2, -0.15) is 13.2 Å². The predicted octanol–water partition coefficient (Wildman–Crippen LogP) is 3.41. The van der Waals surface area contributed by atoms with Gasteiger partial charge in [0.1, 0.15) is 23.0 Å². The molecule has 0 aromatic heterocycles. The molecule has 1 fully saturated rings. The Morgan fingerprint density at radius 2 is 1.97 bits per heavy atom. The molecule has 1 amide bonds. The highest BCUT2D eigenvalue weighted by Crippen LogP contribution is 2.30. The Balaban J connectivity index is 1.97. The fraction of sp³-hybridized carbons (Fsp3) is 0.480. The summed E-state index contributed by atoms with van der Waals surface area (Å²) in [4.78, 5) is 21.9. The average Bonchev–Trinajstić information content (AvgIpc) is 2.87. The molecular formula is C25H32F4N6O2. The number of nitrogens with two attached hydrogens (primary N) is 2. The van der Waals surface area contributed by atoms with Crippen LogP contribution in [0.15, 0.2) is 45.2 Å². The number of halogens is 4. The van der Waals surface area contributed by atoms with Crippen LogP contribution >= 0.6 is 0 Å². The van der Waals surface area contributed by atoms with Crippen molar-refractivity contribution in [3.8, 4) is 0 Å². The second-order valence-corrected chi connectivity index (χ2v) is 8.78. The largest absolute Gasteiger partial charge is 0.431 e. The number of benzene rings is 1. The number of alkyl halides is 3. The number of allylic oxidation sites excluding steroid dienone is 2. The third-order valence-electron chi connectivity index (χ3n) is 6.26. The summed E-state index contributed by atoms with van der Waals surface area (Å²) in [5.41, 5.74) is 10.9. The fourth-order valence-corrected chi connectivity index (χ4v) is 4.23. The van der Waals surface area contributed by atoms with Crippen LogP contribution in [0.2, 0.25) is 0 Å². The van der Waals surface area contributed by atoms with E-state index in [2.05, 4.69) is 15.3 Å². The van der Waals surface area contributed by atoms with Crippen molar-refractivity contribution in [2.45, 2.75) is 44.8 Å². The molecule has 0 atom stereocenters. The number of amides is 1. The maximum absolute atomic E-state index is 15.0. The van der Waals surface area contributed by atoms with Gasteiger partial charge < -0.3 is 26.4 Å². The Hall–Kier alpha value is -3.41. The van der Waals surface area contributed by atoms with Crippen molar-refractivity contribution in [1.29, 1.82) is 0 Å². The van der Waals surface area contributed by atoms with Crippen molar-refractivity contribution in [3.63, 3.8) is 0 Å². The minimum atomic E-state index is -4.81. The zero-order chi connectivity index (χ0) is 27.2. The SMILES string of the molecule is CCC(=O)N1CCC(NC2CCOCC2)=C(C(N)=Nc2ccc(C(C=NC)=C(N)C(F)(F)F)cc2F)C1. The molecule has 1 aromatic rings. The lowest BCUT2D eigenvalue weighted by molar-refractivity contribution is -0.130. The highest BCUT2D eigenvalue weighted by molar-refractivity contribution is 6.11. The van der Waals surface area contributed by atoms with Crippen LogP contribution < -0.4 is 16.8 Å². The molecule has 0 aliphatic carbocycles. The Bertz CT molecular complexity index is 1120. The van der Waals surface area contributed by atoms with E-state index < -0.39 is 23.3 Å². The van der Waals surface area contributed by atoms with E-state index in [-0.39, 0.29) is 35.6 Å². The van der Waals surface area contributed by atoms with E-state index in [4.69, 9.17) is 16.2 Å². The molecule has 12 heteroatoms. The molecule has 37 heavy (non-hydrogen) atoms. The number of aliphatic imine (C=N–C) groups is 2. The molecule has 1 saturated heterocycles. The maximum Gasteiger partial charge on any atom is 0.431 e. The molecule has 0 spiro atoms. The van der Waals surface area contributed by atoms with Crippen LogP contribution in [-0.4, -0.2) is 68.4 Å². The summed E-state index contributed by atoms with van der Waals surface area (Å²) in [6.07, 6.45) is -1.37. The van der Waals surface area contributed by atoms with Gasteiger partial charge in [0.25, 0.3) is 0 Å². The van der Waals surface area contributed by atoms with Crippen LogP contribution in [0, 0.1) is 5.82 Å². The standard InChI is InChI=1S/C25H32F4N6O2/c1-3-22(36)35-9-6-20(33-16-7-10-37-11-8-16)18(14-35)24(31)34-21-5-4-15(12-19(21)26)17(13-32-2)23(30)25(27,28)29/h4-5,12-13,16,33H,3,6-11,14,30H2,1-2H3,(H2,31,34). The number of rotatable bonds is 7. The van der Waals surface area contributed by atoms with Gasteiger partial charge in [-0.15, -0.1) is 0 Å². The molecule has 0 bridgehead atoms. The minimum absolute atomic E-state index is 0.0236. The first-order valence-electron chi connectivity index (χ1n) is 12.0. The molecule has 2 aliphatic heterocycles. The number of ether oxygens (including phenoxy) is 1. The fourth-order valence-electron chi connectivity index (χ4n) is 4.23. The Labute approximate surface area is 213 Å². The number of hydrogen-bond donors (Lipinski definition) is 3. The van der Waals surface area contributed by atoms with Gasteiger partial charge in [0.05, 0.1) is 6.54 Å². The molecular weight excluding hydrogens is 492 g/mol. The number of carbonyl (C=O) groups excluding carboxylic acids is 1. The van der Waals surface area contributed by atoms with Crippen LogP contribution in [0.25, 0.3) is 5.57 Å². The summed E-state index contributed by atoms with van der Waals surface area (Å²) in [5, 5.41) is 3.50. The first kappa shape index (κ1) is 28.2. The quantitative estimate of drug-likeness (QED) is 0.287. The molecule has 5 N–H and O–H groups in total.